The number of nitrogens with one attached hydrogen (secondary N) is 1. The van der Waals surface area contributed by atoms with Crippen LogP contribution in [0.1, 0.15) is 43.0 Å². The first-order valence-electron chi connectivity index (χ1n) is 6.51. The standard InChI is InChI=1S/C13H17Cl2NO4S/c1-2-3-4-5-6-16-21(19,20)11-8-9(14)7-10(12(11)15)13(17)18/h7-8,16H,2-6H2,1H3,(H,17,18). The summed E-state index contributed by atoms with van der Waals surface area (Å²) in [7, 11) is -3.89. The van der Waals surface area contributed by atoms with Crippen LogP contribution in [-0.2, 0) is 10.0 Å². The number of unbranched alkanes of at least 4 members (excludes halogenated alkanes) is 3. The van der Waals surface area contributed by atoms with Gasteiger partial charge in [-0.3, -0.25) is 0 Å². The summed E-state index contributed by atoms with van der Waals surface area (Å²) in [5, 5.41) is 8.66. The molecule has 0 atom stereocenters. The largest absolute Gasteiger partial charge is 0.478 e. The molecule has 1 aromatic rings. The number of hydrogen-bond acceptors (Lipinski definition) is 3. The van der Waals surface area contributed by atoms with Crippen LogP contribution in [0.3, 0.4) is 0 Å². The van der Waals surface area contributed by atoms with E-state index in [9.17, 15) is 13.2 Å². The number of hydrogen-bond donors (Lipinski definition) is 2. The average Bonchev–Trinajstić information content (AvgIpc) is 2.40. The maximum Gasteiger partial charge on any atom is 0.337 e. The minimum Gasteiger partial charge on any atom is -0.478 e. The molecule has 0 radical (unpaired) electrons. The van der Waals surface area contributed by atoms with E-state index in [4.69, 9.17) is 28.3 Å². The molecule has 0 saturated carbocycles. The maximum absolute atomic E-state index is 12.2. The third-order valence-corrected chi connectivity index (χ3v) is 5.07. The van der Waals surface area contributed by atoms with Crippen molar-refractivity contribution in [2.24, 2.45) is 0 Å². The summed E-state index contributed by atoms with van der Waals surface area (Å²) in [4.78, 5) is 10.7. The monoisotopic (exact) mass is 353 g/mol. The molecule has 1 rings (SSSR count). The highest BCUT2D eigenvalue weighted by Crippen LogP contribution is 2.29. The predicted molar refractivity (Wildman–Crippen MR) is 82.8 cm³/mol. The quantitative estimate of drug-likeness (QED) is 0.700. The molecule has 0 aliphatic rings. The van der Waals surface area contributed by atoms with E-state index < -0.39 is 16.0 Å². The second kappa shape index (κ2) is 7.98. The van der Waals surface area contributed by atoms with Gasteiger partial charge in [-0.25, -0.2) is 17.9 Å². The molecule has 5 nitrogen and oxygen atoms in total. The zero-order valence-corrected chi connectivity index (χ0v) is 13.9. The van der Waals surface area contributed by atoms with E-state index in [1.807, 2.05) is 0 Å². The van der Waals surface area contributed by atoms with E-state index in [2.05, 4.69) is 11.6 Å². The normalized spacial score (nSPS) is 11.6. The van der Waals surface area contributed by atoms with Gasteiger partial charge in [0.1, 0.15) is 4.90 Å². The molecule has 8 heteroatoms. The van der Waals surface area contributed by atoms with Gasteiger partial charge in [-0.2, -0.15) is 0 Å². The minimum atomic E-state index is -3.89. The van der Waals surface area contributed by atoms with Gasteiger partial charge < -0.3 is 5.11 Å². The SMILES string of the molecule is CCCCCCNS(=O)(=O)c1cc(Cl)cc(C(=O)O)c1Cl. The Hall–Kier alpha value is -0.820. The summed E-state index contributed by atoms with van der Waals surface area (Å²) in [6.45, 7) is 2.33. The molecule has 0 aliphatic heterocycles. The molecule has 118 valence electrons. The van der Waals surface area contributed by atoms with Gasteiger partial charge in [-0.1, -0.05) is 49.4 Å². The first-order chi connectivity index (χ1) is 9.79. The third-order valence-electron chi connectivity index (χ3n) is 2.85. The number of benzene rings is 1. The van der Waals surface area contributed by atoms with E-state index in [1.165, 1.54) is 0 Å². The summed E-state index contributed by atoms with van der Waals surface area (Å²) < 4.78 is 26.7. The molecule has 0 fully saturated rings. The molecule has 2 N–H and O–H groups in total. The molecule has 0 heterocycles. The van der Waals surface area contributed by atoms with Crippen molar-refractivity contribution in [2.75, 3.05) is 6.54 Å². The fourth-order valence-corrected chi connectivity index (χ4v) is 3.73. The van der Waals surface area contributed by atoms with Crippen LogP contribution in [0.5, 0.6) is 0 Å². The van der Waals surface area contributed by atoms with Gasteiger partial charge in [0, 0.05) is 11.6 Å². The van der Waals surface area contributed by atoms with Crippen LogP contribution in [0.25, 0.3) is 0 Å². The highest BCUT2D eigenvalue weighted by Gasteiger charge is 2.23. The topological polar surface area (TPSA) is 83.5 Å². The van der Waals surface area contributed by atoms with Crippen molar-refractivity contribution in [3.63, 3.8) is 0 Å². The van der Waals surface area contributed by atoms with Gasteiger partial charge in [-0.05, 0) is 18.6 Å². The van der Waals surface area contributed by atoms with Gasteiger partial charge in [0.2, 0.25) is 10.0 Å². The van der Waals surface area contributed by atoms with Crippen molar-refractivity contribution in [3.8, 4) is 0 Å². The van der Waals surface area contributed by atoms with Crippen molar-refractivity contribution < 1.29 is 18.3 Å². The van der Waals surface area contributed by atoms with Crippen LogP contribution in [0.2, 0.25) is 10.0 Å². The average molecular weight is 354 g/mol. The lowest BCUT2D eigenvalue weighted by Crippen LogP contribution is -2.25. The Morgan fingerprint density at radius 2 is 1.90 bits per heavy atom. The summed E-state index contributed by atoms with van der Waals surface area (Å²) in [5.74, 6) is -1.33. The summed E-state index contributed by atoms with van der Waals surface area (Å²) in [6.07, 6.45) is 3.71. The van der Waals surface area contributed by atoms with Crippen molar-refractivity contribution in [1.82, 2.24) is 4.72 Å². The van der Waals surface area contributed by atoms with Crippen molar-refractivity contribution in [1.29, 1.82) is 0 Å². The lowest BCUT2D eigenvalue weighted by atomic mass is 10.2. The lowest BCUT2D eigenvalue weighted by molar-refractivity contribution is 0.0697. The fraction of sp³-hybridized carbons (Fsp3) is 0.462. The van der Waals surface area contributed by atoms with E-state index in [1.54, 1.807) is 0 Å². The van der Waals surface area contributed by atoms with Crippen LogP contribution in [-0.4, -0.2) is 26.0 Å². The Morgan fingerprint density at radius 3 is 2.48 bits per heavy atom. The van der Waals surface area contributed by atoms with Crippen molar-refractivity contribution in [3.05, 3.63) is 27.7 Å². The molecule has 0 bridgehead atoms. The molecule has 0 amide bonds. The number of carboxylic acid groups (broad SMARTS) is 1. The minimum absolute atomic E-state index is 0.00292. The van der Waals surface area contributed by atoms with Gasteiger partial charge in [0.15, 0.2) is 0 Å². The molecule has 1 aromatic carbocycles. The highest BCUT2D eigenvalue weighted by molar-refractivity contribution is 7.89. The highest BCUT2D eigenvalue weighted by atomic mass is 35.5. The summed E-state index contributed by atoms with van der Waals surface area (Å²) in [5.41, 5.74) is -0.337. The molecule has 21 heavy (non-hydrogen) atoms. The number of carbonyl (C=O) groups is 1. The van der Waals surface area contributed by atoms with E-state index >= 15 is 0 Å². The van der Waals surface area contributed by atoms with Crippen LogP contribution in [0.15, 0.2) is 17.0 Å². The fourth-order valence-electron chi connectivity index (χ4n) is 1.75. The molecule has 0 aliphatic carbocycles. The molecular formula is C13H17Cl2NO4S. The summed E-state index contributed by atoms with van der Waals surface area (Å²) in [6, 6.07) is 2.26. The smallest absolute Gasteiger partial charge is 0.337 e. The van der Waals surface area contributed by atoms with Crippen LogP contribution < -0.4 is 4.72 Å². The predicted octanol–water partition coefficient (Wildman–Crippen LogP) is 3.55. The van der Waals surface area contributed by atoms with E-state index in [0.717, 1.165) is 31.4 Å². The Kier molecular flexibility index (Phi) is 6.93. The van der Waals surface area contributed by atoms with Crippen molar-refractivity contribution >= 4 is 39.2 Å². The Bertz CT molecular complexity index is 617. The Balaban J connectivity index is 2.95. The van der Waals surface area contributed by atoms with Crippen molar-refractivity contribution in [2.45, 2.75) is 37.5 Å². The second-order valence-electron chi connectivity index (χ2n) is 4.53. The Morgan fingerprint density at radius 1 is 1.24 bits per heavy atom. The molecule has 0 aromatic heterocycles. The van der Waals surface area contributed by atoms with Crippen LogP contribution in [0.4, 0.5) is 0 Å². The van der Waals surface area contributed by atoms with Gasteiger partial charge in [0.05, 0.1) is 10.6 Å². The first-order valence-corrected chi connectivity index (χ1v) is 8.75. The number of sulfonamides is 1. The van der Waals surface area contributed by atoms with E-state index in [0.29, 0.717) is 6.42 Å². The number of halogens is 2. The summed E-state index contributed by atoms with van der Waals surface area (Å²) >= 11 is 11.6. The molecule has 0 saturated heterocycles. The van der Waals surface area contributed by atoms with E-state index in [-0.39, 0.29) is 27.0 Å². The molecule has 0 spiro atoms. The van der Waals surface area contributed by atoms with Gasteiger partial charge >= 0.3 is 5.97 Å². The third kappa shape index (κ3) is 5.14. The van der Waals surface area contributed by atoms with Crippen LogP contribution in [0, 0.1) is 0 Å². The molecule has 0 unspecified atom stereocenters. The van der Waals surface area contributed by atoms with Crippen LogP contribution >= 0.6 is 23.2 Å². The number of aromatic carboxylic acids is 1. The zero-order valence-electron chi connectivity index (χ0n) is 11.5. The number of carboxylic acids is 1. The van der Waals surface area contributed by atoms with Gasteiger partial charge in [0.25, 0.3) is 0 Å². The molecular weight excluding hydrogens is 337 g/mol. The maximum atomic E-state index is 12.2. The zero-order chi connectivity index (χ0) is 16.0. The lowest BCUT2D eigenvalue weighted by Gasteiger charge is -2.10. The second-order valence-corrected chi connectivity index (χ2v) is 7.08. The Labute approximate surface area is 134 Å². The first kappa shape index (κ1) is 18.2. The van der Waals surface area contributed by atoms with Gasteiger partial charge in [-0.15, -0.1) is 0 Å². The number of rotatable bonds is 8.